The monoisotopic (exact) mass is 345 g/mol. The molecule has 0 saturated heterocycles. The largest absolute Gasteiger partial charge is 0.384 e. The van der Waals surface area contributed by atoms with Crippen LogP contribution in [-0.4, -0.2) is 22.0 Å². The maximum atomic E-state index is 10.9. The fourth-order valence-electron chi connectivity index (χ4n) is 1.43. The fraction of sp³-hybridized carbons (Fsp3) is 0.0909. The quantitative estimate of drug-likeness (QED) is 0.218. The molecule has 1 heterocycles. The van der Waals surface area contributed by atoms with Crippen molar-refractivity contribution in [2.75, 3.05) is 0 Å². The SMILES string of the molecule is NC1=NC=C(Cl)NC1(Cl)C=NSc1ccccc1[N+](=O)[O-]. The summed E-state index contributed by atoms with van der Waals surface area (Å²) >= 11 is 12.9. The number of alkyl halides is 1. The minimum Gasteiger partial charge on any atom is -0.384 e. The number of benzene rings is 1. The van der Waals surface area contributed by atoms with Crippen molar-refractivity contribution in [3.63, 3.8) is 0 Å². The average Bonchev–Trinajstić information content (AvgIpc) is 2.43. The van der Waals surface area contributed by atoms with E-state index in [9.17, 15) is 10.1 Å². The third-order valence-corrected chi connectivity index (χ3v) is 3.77. The molecule has 3 N–H and O–H groups in total. The zero-order chi connectivity index (χ0) is 15.5. The van der Waals surface area contributed by atoms with E-state index in [1.807, 2.05) is 0 Å². The number of hydrogen-bond donors (Lipinski definition) is 2. The average molecular weight is 346 g/mol. The van der Waals surface area contributed by atoms with Crippen molar-refractivity contribution in [3.8, 4) is 0 Å². The van der Waals surface area contributed by atoms with E-state index in [0.717, 1.165) is 11.9 Å². The minimum absolute atomic E-state index is 0.0422. The van der Waals surface area contributed by atoms with E-state index in [1.165, 1.54) is 18.5 Å². The van der Waals surface area contributed by atoms with Gasteiger partial charge < -0.3 is 11.1 Å². The van der Waals surface area contributed by atoms with Gasteiger partial charge in [0.1, 0.15) is 15.9 Å². The first-order valence-electron chi connectivity index (χ1n) is 5.54. The van der Waals surface area contributed by atoms with Crippen LogP contribution in [0.15, 0.2) is 49.9 Å². The number of nitrogens with one attached hydrogen (secondary N) is 1. The molecule has 0 radical (unpaired) electrons. The number of halogens is 2. The Balaban J connectivity index is 2.15. The zero-order valence-corrected chi connectivity index (χ0v) is 12.7. The predicted molar refractivity (Wildman–Crippen MR) is 84.7 cm³/mol. The van der Waals surface area contributed by atoms with Crippen molar-refractivity contribution in [1.82, 2.24) is 5.32 Å². The number of nitro benzene ring substituents is 1. The lowest BCUT2D eigenvalue weighted by atomic mass is 10.2. The van der Waals surface area contributed by atoms with Crippen LogP contribution in [0.25, 0.3) is 0 Å². The third kappa shape index (κ3) is 3.66. The normalized spacial score (nSPS) is 21.6. The molecule has 110 valence electrons. The van der Waals surface area contributed by atoms with E-state index in [2.05, 4.69) is 14.7 Å². The Bertz CT molecular complexity index is 664. The van der Waals surface area contributed by atoms with Gasteiger partial charge in [-0.1, -0.05) is 35.3 Å². The third-order valence-electron chi connectivity index (χ3n) is 2.43. The molecule has 0 aliphatic carbocycles. The minimum atomic E-state index is -1.36. The zero-order valence-electron chi connectivity index (χ0n) is 10.4. The number of nitrogens with zero attached hydrogens (tertiary/aromatic N) is 3. The van der Waals surface area contributed by atoms with Crippen LogP contribution in [0.2, 0.25) is 0 Å². The second-order valence-corrected chi connectivity index (χ2v) is 5.72. The highest BCUT2D eigenvalue weighted by Crippen LogP contribution is 2.30. The van der Waals surface area contributed by atoms with Gasteiger partial charge in [-0.3, -0.25) is 10.1 Å². The number of amidine groups is 1. The van der Waals surface area contributed by atoms with E-state index >= 15 is 0 Å². The Morgan fingerprint density at radius 1 is 1.52 bits per heavy atom. The second-order valence-electron chi connectivity index (χ2n) is 3.88. The van der Waals surface area contributed by atoms with Crippen molar-refractivity contribution >= 4 is 52.9 Å². The lowest BCUT2D eigenvalue weighted by Crippen LogP contribution is -2.52. The van der Waals surface area contributed by atoms with E-state index in [1.54, 1.807) is 18.2 Å². The van der Waals surface area contributed by atoms with Gasteiger partial charge in [0.2, 0.25) is 5.00 Å². The molecule has 0 saturated carbocycles. The van der Waals surface area contributed by atoms with Gasteiger partial charge >= 0.3 is 0 Å². The van der Waals surface area contributed by atoms with Gasteiger partial charge in [0, 0.05) is 18.0 Å². The van der Waals surface area contributed by atoms with Gasteiger partial charge in [0.15, 0.2) is 0 Å². The molecule has 10 heteroatoms. The van der Waals surface area contributed by atoms with Gasteiger partial charge in [0.25, 0.3) is 5.69 Å². The topological polar surface area (TPSA) is 106 Å². The Kier molecular flexibility index (Phi) is 4.71. The number of nitro groups is 1. The molecule has 1 aliphatic heterocycles. The molecular formula is C11H9Cl2N5O2S. The number of rotatable bonds is 4. The van der Waals surface area contributed by atoms with Crippen LogP contribution < -0.4 is 11.1 Å². The van der Waals surface area contributed by atoms with Gasteiger partial charge in [-0.15, -0.1) is 0 Å². The maximum Gasteiger partial charge on any atom is 0.284 e. The molecule has 0 aromatic heterocycles. The lowest BCUT2D eigenvalue weighted by Gasteiger charge is -2.26. The summed E-state index contributed by atoms with van der Waals surface area (Å²) in [7, 11) is 0. The van der Waals surface area contributed by atoms with Gasteiger partial charge in [-0.2, -0.15) is 0 Å². The van der Waals surface area contributed by atoms with Gasteiger partial charge in [-0.25, -0.2) is 9.39 Å². The van der Waals surface area contributed by atoms with Crippen LogP contribution in [0.4, 0.5) is 5.69 Å². The molecule has 0 bridgehead atoms. The van der Waals surface area contributed by atoms with Crippen molar-refractivity contribution in [3.05, 3.63) is 45.7 Å². The van der Waals surface area contributed by atoms with E-state index in [0.29, 0.717) is 4.90 Å². The highest BCUT2D eigenvalue weighted by molar-refractivity contribution is 7.98. The molecule has 2 rings (SSSR count). The molecule has 0 fully saturated rings. The summed E-state index contributed by atoms with van der Waals surface area (Å²) in [6.45, 7) is 0. The highest BCUT2D eigenvalue weighted by atomic mass is 35.5. The van der Waals surface area contributed by atoms with Crippen LogP contribution in [0.1, 0.15) is 0 Å². The first kappa shape index (κ1) is 15.6. The Morgan fingerprint density at radius 3 is 2.95 bits per heavy atom. The number of para-hydroxylation sites is 1. The summed E-state index contributed by atoms with van der Waals surface area (Å²) in [4.78, 5) is 13.3. The molecule has 0 amide bonds. The van der Waals surface area contributed by atoms with Crippen molar-refractivity contribution in [2.24, 2.45) is 15.1 Å². The maximum absolute atomic E-state index is 10.9. The summed E-state index contributed by atoms with van der Waals surface area (Å²) in [5.74, 6) is 0.0699. The van der Waals surface area contributed by atoms with Crippen LogP contribution in [-0.2, 0) is 0 Å². The van der Waals surface area contributed by atoms with Gasteiger partial charge in [0.05, 0.1) is 17.3 Å². The van der Waals surface area contributed by atoms with E-state index in [4.69, 9.17) is 28.9 Å². The van der Waals surface area contributed by atoms with Crippen LogP contribution in [0.5, 0.6) is 0 Å². The predicted octanol–water partition coefficient (Wildman–Crippen LogP) is 2.61. The lowest BCUT2D eigenvalue weighted by molar-refractivity contribution is -0.387. The molecule has 21 heavy (non-hydrogen) atoms. The molecule has 7 nitrogen and oxygen atoms in total. The second kappa shape index (κ2) is 6.33. The number of hydrogen-bond acceptors (Lipinski definition) is 7. The van der Waals surface area contributed by atoms with Crippen molar-refractivity contribution < 1.29 is 4.92 Å². The summed E-state index contributed by atoms with van der Waals surface area (Å²) in [5, 5.41) is 13.8. The summed E-state index contributed by atoms with van der Waals surface area (Å²) in [6.07, 6.45) is 2.60. The van der Waals surface area contributed by atoms with E-state index in [-0.39, 0.29) is 16.7 Å². The van der Waals surface area contributed by atoms with Gasteiger partial charge in [-0.05, 0) is 6.07 Å². The number of nitrogens with two attached hydrogens (primary N) is 1. The molecule has 1 aromatic carbocycles. The van der Waals surface area contributed by atoms with Crippen LogP contribution in [0.3, 0.4) is 0 Å². The Morgan fingerprint density at radius 2 is 2.24 bits per heavy atom. The summed E-state index contributed by atoms with van der Waals surface area (Å²) < 4.78 is 4.01. The van der Waals surface area contributed by atoms with Crippen molar-refractivity contribution in [1.29, 1.82) is 0 Å². The van der Waals surface area contributed by atoms with Crippen molar-refractivity contribution in [2.45, 2.75) is 9.89 Å². The standard InChI is InChI=1S/C11H9Cl2N5O2S/c12-9-5-15-10(14)11(13,17-9)6-16-21-8-4-2-1-3-7(8)18(19)20/h1-6,17H,(H2,14,15). The highest BCUT2D eigenvalue weighted by Gasteiger charge is 2.32. The smallest absolute Gasteiger partial charge is 0.284 e. The van der Waals surface area contributed by atoms with E-state index < -0.39 is 9.92 Å². The molecule has 1 aliphatic rings. The number of aliphatic imine (C=N–C) groups is 1. The Hall–Kier alpha value is -1.77. The molecule has 0 spiro atoms. The first-order valence-corrected chi connectivity index (χ1v) is 7.07. The molecule has 1 aromatic rings. The molecule has 1 unspecified atom stereocenters. The summed E-state index contributed by atoms with van der Waals surface area (Å²) in [5.41, 5.74) is 5.63. The Labute approximate surface area is 134 Å². The fourth-order valence-corrected chi connectivity index (χ4v) is 2.63. The molecule has 1 atom stereocenters. The van der Waals surface area contributed by atoms with Crippen LogP contribution in [0, 0.1) is 10.1 Å². The molecular weight excluding hydrogens is 337 g/mol. The summed E-state index contributed by atoms with van der Waals surface area (Å²) in [6, 6.07) is 6.23. The van der Waals surface area contributed by atoms with Crippen LogP contribution >= 0.6 is 35.1 Å². The first-order chi connectivity index (χ1) is 9.92.